The highest BCUT2D eigenvalue weighted by atomic mass is 16.2. The van der Waals surface area contributed by atoms with Crippen LogP contribution in [0.25, 0.3) is 0 Å². The monoisotopic (exact) mass is 267 g/mol. The van der Waals surface area contributed by atoms with Gasteiger partial charge in [0, 0.05) is 19.1 Å². The number of carbonyl (C=O) groups is 2. The van der Waals surface area contributed by atoms with Crippen LogP contribution < -0.4 is 10.6 Å². The Balaban J connectivity index is 1.78. The van der Waals surface area contributed by atoms with Crippen molar-refractivity contribution in [1.82, 2.24) is 15.5 Å². The van der Waals surface area contributed by atoms with E-state index in [1.807, 2.05) is 4.90 Å². The summed E-state index contributed by atoms with van der Waals surface area (Å²) in [6.45, 7) is 6.56. The summed E-state index contributed by atoms with van der Waals surface area (Å²) < 4.78 is 0. The molecular formula is C14H25N3O2. The lowest BCUT2D eigenvalue weighted by Gasteiger charge is -2.35. The van der Waals surface area contributed by atoms with E-state index < -0.39 is 0 Å². The molecule has 2 fully saturated rings. The third-order valence-corrected chi connectivity index (χ3v) is 4.54. The van der Waals surface area contributed by atoms with Gasteiger partial charge in [0.2, 0.25) is 11.8 Å². The third kappa shape index (κ3) is 3.93. The first-order valence-electron chi connectivity index (χ1n) is 7.34. The van der Waals surface area contributed by atoms with E-state index in [-0.39, 0.29) is 11.8 Å². The number of hydrogen-bond donors (Lipinski definition) is 2. The van der Waals surface area contributed by atoms with E-state index in [1.54, 1.807) is 0 Å². The molecule has 2 N–H and O–H groups in total. The van der Waals surface area contributed by atoms with Crippen LogP contribution in [0.1, 0.15) is 33.1 Å². The predicted octanol–water partition coefficient (Wildman–Crippen LogP) is 0.359. The fourth-order valence-electron chi connectivity index (χ4n) is 3.07. The van der Waals surface area contributed by atoms with Crippen LogP contribution in [-0.2, 0) is 9.59 Å². The Morgan fingerprint density at radius 1 is 1.42 bits per heavy atom. The summed E-state index contributed by atoms with van der Waals surface area (Å²) in [6.07, 6.45) is 3.54. The van der Waals surface area contributed by atoms with Crippen molar-refractivity contribution < 1.29 is 9.59 Å². The van der Waals surface area contributed by atoms with Crippen LogP contribution in [0.5, 0.6) is 0 Å². The first-order chi connectivity index (χ1) is 9.06. The molecule has 2 aliphatic rings. The van der Waals surface area contributed by atoms with Crippen LogP contribution in [-0.4, -0.2) is 48.9 Å². The molecule has 0 radical (unpaired) electrons. The van der Waals surface area contributed by atoms with Gasteiger partial charge in [0.05, 0.1) is 13.1 Å². The Labute approximate surface area is 115 Å². The topological polar surface area (TPSA) is 61.4 Å². The standard InChI is InChI=1S/C14H25N3O2/c1-10-4-3-5-12(11(10)2)16-14(19)9-17-7-6-15-13(18)8-17/h10-12H,3-9H2,1-2H3,(H,15,18)(H,16,19). The van der Waals surface area contributed by atoms with Crippen LogP contribution in [0.3, 0.4) is 0 Å². The van der Waals surface area contributed by atoms with Crippen LogP contribution in [0.15, 0.2) is 0 Å². The molecule has 2 amide bonds. The average Bonchev–Trinajstić information content (AvgIpc) is 2.35. The zero-order chi connectivity index (χ0) is 13.8. The number of carbonyl (C=O) groups excluding carboxylic acids is 2. The largest absolute Gasteiger partial charge is 0.354 e. The summed E-state index contributed by atoms with van der Waals surface area (Å²) in [7, 11) is 0. The van der Waals surface area contributed by atoms with Gasteiger partial charge in [-0.05, 0) is 18.3 Å². The maximum atomic E-state index is 12.1. The van der Waals surface area contributed by atoms with Gasteiger partial charge in [-0.1, -0.05) is 26.7 Å². The number of rotatable bonds is 3. The Kier molecular flexibility index (Phi) is 4.80. The zero-order valence-electron chi connectivity index (χ0n) is 11.9. The summed E-state index contributed by atoms with van der Waals surface area (Å²) >= 11 is 0. The smallest absolute Gasteiger partial charge is 0.234 e. The molecule has 5 nitrogen and oxygen atoms in total. The second-order valence-electron chi connectivity index (χ2n) is 6.00. The summed E-state index contributed by atoms with van der Waals surface area (Å²) in [4.78, 5) is 25.2. The second-order valence-corrected chi connectivity index (χ2v) is 6.00. The van der Waals surface area contributed by atoms with Crippen molar-refractivity contribution in [2.24, 2.45) is 11.8 Å². The lowest BCUT2D eigenvalue weighted by molar-refractivity contribution is -0.127. The van der Waals surface area contributed by atoms with E-state index in [9.17, 15) is 9.59 Å². The van der Waals surface area contributed by atoms with Gasteiger partial charge in [-0.2, -0.15) is 0 Å². The quantitative estimate of drug-likeness (QED) is 0.776. The number of nitrogens with one attached hydrogen (secondary N) is 2. The van der Waals surface area contributed by atoms with Crippen molar-refractivity contribution in [3.05, 3.63) is 0 Å². The van der Waals surface area contributed by atoms with Gasteiger partial charge in [0.15, 0.2) is 0 Å². The van der Waals surface area contributed by atoms with Gasteiger partial charge >= 0.3 is 0 Å². The minimum atomic E-state index is 0.0127. The highest BCUT2D eigenvalue weighted by Gasteiger charge is 2.28. The fraction of sp³-hybridized carbons (Fsp3) is 0.857. The van der Waals surface area contributed by atoms with Gasteiger partial charge in [-0.15, -0.1) is 0 Å². The second kappa shape index (κ2) is 6.37. The maximum absolute atomic E-state index is 12.1. The van der Waals surface area contributed by atoms with Crippen molar-refractivity contribution in [3.63, 3.8) is 0 Å². The number of piperazine rings is 1. The minimum Gasteiger partial charge on any atom is -0.354 e. The number of nitrogens with zero attached hydrogens (tertiary/aromatic N) is 1. The van der Waals surface area contributed by atoms with Gasteiger partial charge in [-0.3, -0.25) is 14.5 Å². The molecule has 0 aromatic rings. The average molecular weight is 267 g/mol. The zero-order valence-corrected chi connectivity index (χ0v) is 11.9. The normalized spacial score (nSPS) is 32.7. The van der Waals surface area contributed by atoms with E-state index in [1.165, 1.54) is 12.8 Å². The molecule has 1 heterocycles. The molecule has 108 valence electrons. The number of hydrogen-bond acceptors (Lipinski definition) is 3. The lowest BCUT2D eigenvalue weighted by Crippen LogP contribution is -2.52. The molecule has 0 aromatic carbocycles. The van der Waals surface area contributed by atoms with Gasteiger partial charge in [-0.25, -0.2) is 0 Å². The van der Waals surface area contributed by atoms with Crippen molar-refractivity contribution in [1.29, 1.82) is 0 Å². The van der Waals surface area contributed by atoms with E-state index in [2.05, 4.69) is 24.5 Å². The molecule has 2 rings (SSSR count). The van der Waals surface area contributed by atoms with E-state index in [0.717, 1.165) is 13.0 Å². The van der Waals surface area contributed by atoms with Crippen LogP contribution in [0, 0.1) is 11.8 Å². The first-order valence-corrected chi connectivity index (χ1v) is 7.34. The van der Waals surface area contributed by atoms with Crippen LogP contribution >= 0.6 is 0 Å². The predicted molar refractivity (Wildman–Crippen MR) is 73.6 cm³/mol. The van der Waals surface area contributed by atoms with Crippen molar-refractivity contribution in [2.45, 2.75) is 39.2 Å². The summed E-state index contributed by atoms with van der Waals surface area (Å²) in [6, 6.07) is 0.301. The molecule has 1 aliphatic carbocycles. The van der Waals surface area contributed by atoms with E-state index in [0.29, 0.717) is 37.5 Å². The minimum absolute atomic E-state index is 0.0127. The third-order valence-electron chi connectivity index (χ3n) is 4.54. The molecule has 1 aliphatic heterocycles. The van der Waals surface area contributed by atoms with Crippen molar-refractivity contribution >= 4 is 11.8 Å². The van der Waals surface area contributed by atoms with Gasteiger partial charge in [0.1, 0.15) is 0 Å². The molecule has 1 saturated heterocycles. The molecule has 19 heavy (non-hydrogen) atoms. The molecule has 0 aromatic heterocycles. The van der Waals surface area contributed by atoms with E-state index >= 15 is 0 Å². The molecule has 5 heteroatoms. The SMILES string of the molecule is CC1CCCC(NC(=O)CN2CCNC(=O)C2)C1C. The highest BCUT2D eigenvalue weighted by Crippen LogP contribution is 2.29. The molecule has 0 spiro atoms. The maximum Gasteiger partial charge on any atom is 0.234 e. The Morgan fingerprint density at radius 3 is 2.95 bits per heavy atom. The van der Waals surface area contributed by atoms with Crippen LogP contribution in [0.2, 0.25) is 0 Å². The fourth-order valence-corrected chi connectivity index (χ4v) is 3.07. The first kappa shape index (κ1) is 14.3. The molecule has 3 unspecified atom stereocenters. The van der Waals surface area contributed by atoms with Crippen LogP contribution in [0.4, 0.5) is 0 Å². The summed E-state index contributed by atoms with van der Waals surface area (Å²) in [5, 5.41) is 5.92. The van der Waals surface area contributed by atoms with Crippen molar-refractivity contribution in [2.75, 3.05) is 26.2 Å². The van der Waals surface area contributed by atoms with Gasteiger partial charge in [0.25, 0.3) is 0 Å². The number of amides is 2. The van der Waals surface area contributed by atoms with E-state index in [4.69, 9.17) is 0 Å². The highest BCUT2D eigenvalue weighted by molar-refractivity contribution is 5.81. The summed E-state index contributed by atoms with van der Waals surface area (Å²) in [5.74, 6) is 1.29. The Morgan fingerprint density at radius 2 is 2.21 bits per heavy atom. The Bertz CT molecular complexity index is 346. The Hall–Kier alpha value is -1.10. The summed E-state index contributed by atoms with van der Waals surface area (Å²) in [5.41, 5.74) is 0. The van der Waals surface area contributed by atoms with Crippen molar-refractivity contribution in [3.8, 4) is 0 Å². The molecule has 0 bridgehead atoms. The van der Waals surface area contributed by atoms with Gasteiger partial charge < -0.3 is 10.6 Å². The molecular weight excluding hydrogens is 242 g/mol. The molecule has 3 atom stereocenters. The lowest BCUT2D eigenvalue weighted by atomic mass is 9.78. The molecule has 1 saturated carbocycles.